The van der Waals surface area contributed by atoms with Crippen molar-refractivity contribution in [2.24, 2.45) is 0 Å². The van der Waals surface area contributed by atoms with E-state index in [0.717, 1.165) is 26.5 Å². The molecule has 0 aliphatic heterocycles. The summed E-state index contributed by atoms with van der Waals surface area (Å²) in [4.78, 5) is 4.08. The molecule has 1 heterocycles. The topological polar surface area (TPSA) is 38.0 Å². The summed E-state index contributed by atoms with van der Waals surface area (Å²) in [5, 5.41) is 11.7. The van der Waals surface area contributed by atoms with Crippen LogP contribution in [0, 0.1) is 0 Å². The number of rotatable bonds is 0. The molecule has 3 heteroatoms. The number of aromatic nitrogens is 2. The Bertz CT molecular complexity index is 613. The highest BCUT2D eigenvalue weighted by atomic mass is 16.5. The number of fused-ring (bicyclic) bond motifs is 3. The van der Waals surface area contributed by atoms with Crippen molar-refractivity contribution in [3.8, 4) is 0 Å². The smallest absolute Gasteiger partial charge is 0.133 e. The number of hydrogen-bond donors (Lipinski definition) is 1. The van der Waals surface area contributed by atoms with Crippen LogP contribution in [0.25, 0.3) is 21.8 Å². The largest absolute Gasteiger partial charge is 0.427 e. The molecule has 0 saturated heterocycles. The zero-order valence-corrected chi connectivity index (χ0v) is 7.38. The van der Waals surface area contributed by atoms with Gasteiger partial charge in [-0.15, -0.1) is 0 Å². The van der Waals surface area contributed by atoms with Crippen molar-refractivity contribution in [1.82, 2.24) is 9.71 Å². The summed E-state index contributed by atoms with van der Waals surface area (Å²) in [6, 6.07) is 11.8. The minimum absolute atomic E-state index is 0.767. The number of imidazole rings is 1. The first-order chi connectivity index (χ1) is 6.86. The van der Waals surface area contributed by atoms with Crippen molar-refractivity contribution < 1.29 is 5.21 Å². The molecule has 1 N–H and O–H groups in total. The molecule has 1 aromatic heterocycles. The summed E-state index contributed by atoms with van der Waals surface area (Å²) >= 11 is 0. The summed E-state index contributed by atoms with van der Waals surface area (Å²) in [6.07, 6.45) is 1.41. The van der Waals surface area contributed by atoms with Gasteiger partial charge in [0.2, 0.25) is 0 Å². The van der Waals surface area contributed by atoms with E-state index in [1.54, 1.807) is 0 Å². The Morgan fingerprint density at radius 1 is 1.07 bits per heavy atom. The molecule has 2 aromatic carbocycles. The predicted octanol–water partition coefficient (Wildman–Crippen LogP) is 2.43. The zero-order chi connectivity index (χ0) is 9.54. The van der Waals surface area contributed by atoms with E-state index in [0.29, 0.717) is 0 Å². The van der Waals surface area contributed by atoms with Crippen molar-refractivity contribution in [2.75, 3.05) is 0 Å². The first-order valence-electron chi connectivity index (χ1n) is 4.40. The lowest BCUT2D eigenvalue weighted by Gasteiger charge is -1.99. The van der Waals surface area contributed by atoms with Gasteiger partial charge >= 0.3 is 0 Å². The van der Waals surface area contributed by atoms with E-state index < -0.39 is 0 Å². The van der Waals surface area contributed by atoms with E-state index in [9.17, 15) is 5.21 Å². The molecule has 0 amide bonds. The Morgan fingerprint density at radius 2 is 1.93 bits per heavy atom. The molecule has 3 rings (SSSR count). The van der Waals surface area contributed by atoms with Crippen LogP contribution in [0.5, 0.6) is 0 Å². The normalized spacial score (nSPS) is 11.1. The van der Waals surface area contributed by atoms with Gasteiger partial charge < -0.3 is 5.21 Å². The van der Waals surface area contributed by atoms with Crippen molar-refractivity contribution in [1.29, 1.82) is 0 Å². The maximum atomic E-state index is 9.56. The molecule has 0 saturated carbocycles. The van der Waals surface area contributed by atoms with Crippen LogP contribution in [0.4, 0.5) is 0 Å². The van der Waals surface area contributed by atoms with Gasteiger partial charge in [0.05, 0.1) is 5.52 Å². The van der Waals surface area contributed by atoms with Gasteiger partial charge in [0.1, 0.15) is 11.8 Å². The summed E-state index contributed by atoms with van der Waals surface area (Å²) in [5.74, 6) is 0. The van der Waals surface area contributed by atoms with Crippen LogP contribution in [0.3, 0.4) is 0 Å². The fourth-order valence-electron chi connectivity index (χ4n) is 1.76. The lowest BCUT2D eigenvalue weighted by atomic mass is 10.1. The van der Waals surface area contributed by atoms with Gasteiger partial charge in [-0.1, -0.05) is 30.3 Å². The quantitative estimate of drug-likeness (QED) is 0.545. The van der Waals surface area contributed by atoms with Gasteiger partial charge in [-0.05, 0) is 11.5 Å². The molecule has 0 fully saturated rings. The molecule has 0 unspecified atom stereocenters. The Morgan fingerprint density at radius 3 is 2.86 bits per heavy atom. The fourth-order valence-corrected chi connectivity index (χ4v) is 1.76. The molecule has 0 aliphatic carbocycles. The number of hydrogen-bond acceptors (Lipinski definition) is 2. The van der Waals surface area contributed by atoms with E-state index in [2.05, 4.69) is 4.98 Å². The Kier molecular flexibility index (Phi) is 1.31. The Labute approximate surface area is 80.2 Å². The molecule has 3 aromatic rings. The van der Waals surface area contributed by atoms with Crippen LogP contribution in [0.1, 0.15) is 0 Å². The van der Waals surface area contributed by atoms with Crippen molar-refractivity contribution >= 4 is 21.8 Å². The SMILES string of the molecule is On1cnc2ccc3ccccc3c21. The molecule has 0 atom stereocenters. The van der Waals surface area contributed by atoms with Crippen molar-refractivity contribution in [2.45, 2.75) is 0 Å². The van der Waals surface area contributed by atoms with Gasteiger partial charge in [0, 0.05) is 5.39 Å². The molecular formula is C11H8N2O. The maximum absolute atomic E-state index is 9.56. The van der Waals surface area contributed by atoms with E-state index in [-0.39, 0.29) is 0 Å². The minimum Gasteiger partial charge on any atom is -0.427 e. The lowest BCUT2D eigenvalue weighted by Crippen LogP contribution is -1.86. The Balaban J connectivity index is 2.65. The van der Waals surface area contributed by atoms with Crippen LogP contribution >= 0.6 is 0 Å². The average Bonchev–Trinajstić information content (AvgIpc) is 2.61. The van der Waals surface area contributed by atoms with Crippen LogP contribution in [-0.2, 0) is 0 Å². The Hall–Kier alpha value is -2.03. The van der Waals surface area contributed by atoms with E-state index in [1.165, 1.54) is 6.33 Å². The second-order valence-corrected chi connectivity index (χ2v) is 3.24. The molecule has 0 bridgehead atoms. The predicted molar refractivity (Wildman–Crippen MR) is 54.4 cm³/mol. The van der Waals surface area contributed by atoms with Crippen LogP contribution in [0.2, 0.25) is 0 Å². The number of nitrogens with zero attached hydrogens (tertiary/aromatic N) is 2. The molecule has 0 aliphatic rings. The third-order valence-corrected chi connectivity index (χ3v) is 2.41. The summed E-state index contributed by atoms with van der Waals surface area (Å²) in [5.41, 5.74) is 1.58. The van der Waals surface area contributed by atoms with E-state index >= 15 is 0 Å². The van der Waals surface area contributed by atoms with Gasteiger partial charge in [-0.2, -0.15) is 4.73 Å². The van der Waals surface area contributed by atoms with Crippen molar-refractivity contribution in [3.63, 3.8) is 0 Å². The van der Waals surface area contributed by atoms with E-state index in [1.807, 2.05) is 36.4 Å². The monoisotopic (exact) mass is 184 g/mol. The molecule has 3 nitrogen and oxygen atoms in total. The van der Waals surface area contributed by atoms with Crippen LogP contribution in [0.15, 0.2) is 42.7 Å². The van der Waals surface area contributed by atoms with Crippen molar-refractivity contribution in [3.05, 3.63) is 42.7 Å². The highest BCUT2D eigenvalue weighted by Crippen LogP contribution is 2.23. The molecule has 68 valence electrons. The zero-order valence-electron chi connectivity index (χ0n) is 7.38. The number of benzene rings is 2. The molecule has 0 spiro atoms. The fraction of sp³-hybridized carbons (Fsp3) is 0. The third kappa shape index (κ3) is 0.836. The van der Waals surface area contributed by atoms with Gasteiger partial charge in [-0.3, -0.25) is 0 Å². The molecule has 14 heavy (non-hydrogen) atoms. The van der Waals surface area contributed by atoms with Crippen LogP contribution in [-0.4, -0.2) is 14.9 Å². The van der Waals surface area contributed by atoms with Gasteiger partial charge in [0.15, 0.2) is 0 Å². The van der Waals surface area contributed by atoms with Crippen LogP contribution < -0.4 is 0 Å². The third-order valence-electron chi connectivity index (χ3n) is 2.41. The first kappa shape index (κ1) is 7.38. The minimum atomic E-state index is 0.767. The summed E-state index contributed by atoms with van der Waals surface area (Å²) < 4.78 is 1.07. The highest BCUT2D eigenvalue weighted by Gasteiger charge is 2.04. The van der Waals surface area contributed by atoms with Gasteiger partial charge in [0.25, 0.3) is 0 Å². The maximum Gasteiger partial charge on any atom is 0.133 e. The summed E-state index contributed by atoms with van der Waals surface area (Å²) in [6.45, 7) is 0. The lowest BCUT2D eigenvalue weighted by molar-refractivity contribution is 0.198. The standard InChI is InChI=1S/C11H8N2O/c14-13-7-12-10-6-5-8-3-1-2-4-9(8)11(10)13/h1-7,14H. The second-order valence-electron chi connectivity index (χ2n) is 3.24. The average molecular weight is 184 g/mol. The van der Waals surface area contributed by atoms with E-state index in [4.69, 9.17) is 0 Å². The highest BCUT2D eigenvalue weighted by molar-refractivity contribution is 6.04. The first-order valence-corrected chi connectivity index (χ1v) is 4.40. The summed E-state index contributed by atoms with van der Waals surface area (Å²) in [7, 11) is 0. The second kappa shape index (κ2) is 2.48. The molecule has 0 radical (unpaired) electrons. The molecular weight excluding hydrogens is 176 g/mol. The van der Waals surface area contributed by atoms with Gasteiger partial charge in [-0.25, -0.2) is 4.98 Å².